The molecule has 94 valence electrons. The highest BCUT2D eigenvalue weighted by atomic mass is 79.9. The van der Waals surface area contributed by atoms with Gasteiger partial charge in [0.25, 0.3) is 0 Å². The quantitative estimate of drug-likeness (QED) is 0.621. The molecule has 0 aliphatic heterocycles. The van der Waals surface area contributed by atoms with Crippen LogP contribution in [-0.2, 0) is 5.33 Å². The first-order chi connectivity index (χ1) is 8.60. The maximum absolute atomic E-state index is 6.15. The van der Waals surface area contributed by atoms with Crippen LogP contribution in [0, 0.1) is 6.92 Å². The monoisotopic (exact) mass is 344 g/mol. The van der Waals surface area contributed by atoms with E-state index >= 15 is 0 Å². The lowest BCUT2D eigenvalue weighted by Gasteiger charge is -2.11. The average molecular weight is 346 g/mol. The molecular weight excluding hydrogens is 335 g/mol. The molecule has 0 saturated carbocycles. The zero-order valence-electron chi connectivity index (χ0n) is 9.71. The summed E-state index contributed by atoms with van der Waals surface area (Å²) in [7, 11) is 0. The first kappa shape index (κ1) is 13.7. The lowest BCUT2D eigenvalue weighted by Crippen LogP contribution is -1.90. The standard InChI is InChI=1S/C14H11BrCl2O/c1-9-2-5-13(12(17)6-9)18-14-7-11(16)4-3-10(14)8-15/h2-7H,8H2,1H3. The van der Waals surface area contributed by atoms with Crippen LogP contribution in [0.2, 0.25) is 10.0 Å². The lowest BCUT2D eigenvalue weighted by atomic mass is 10.2. The molecule has 0 bridgehead atoms. The third-order valence-electron chi connectivity index (χ3n) is 2.48. The topological polar surface area (TPSA) is 9.23 Å². The normalized spacial score (nSPS) is 10.4. The number of aryl methyl sites for hydroxylation is 1. The Balaban J connectivity index is 2.36. The first-order valence-electron chi connectivity index (χ1n) is 5.38. The Hall–Kier alpha value is -0.700. The molecule has 0 aliphatic rings. The molecule has 1 nitrogen and oxygen atoms in total. The Morgan fingerprint density at radius 1 is 1.06 bits per heavy atom. The van der Waals surface area contributed by atoms with Crippen LogP contribution in [-0.4, -0.2) is 0 Å². The van der Waals surface area contributed by atoms with Gasteiger partial charge in [-0.15, -0.1) is 0 Å². The van der Waals surface area contributed by atoms with Crippen LogP contribution in [0.15, 0.2) is 36.4 Å². The fraction of sp³-hybridized carbons (Fsp3) is 0.143. The molecule has 0 atom stereocenters. The van der Waals surface area contributed by atoms with E-state index in [0.29, 0.717) is 26.9 Å². The Kier molecular flexibility index (Phi) is 4.55. The van der Waals surface area contributed by atoms with Crippen molar-refractivity contribution in [2.24, 2.45) is 0 Å². The zero-order valence-corrected chi connectivity index (χ0v) is 12.8. The molecule has 18 heavy (non-hydrogen) atoms. The van der Waals surface area contributed by atoms with Crippen LogP contribution in [0.5, 0.6) is 11.5 Å². The smallest absolute Gasteiger partial charge is 0.146 e. The predicted molar refractivity (Wildman–Crippen MR) is 80.3 cm³/mol. The van der Waals surface area contributed by atoms with Crippen molar-refractivity contribution >= 4 is 39.1 Å². The van der Waals surface area contributed by atoms with Crippen molar-refractivity contribution in [3.8, 4) is 11.5 Å². The average Bonchev–Trinajstić information content (AvgIpc) is 2.33. The van der Waals surface area contributed by atoms with Gasteiger partial charge in [0, 0.05) is 15.9 Å². The van der Waals surface area contributed by atoms with E-state index in [4.69, 9.17) is 27.9 Å². The minimum atomic E-state index is 0.593. The van der Waals surface area contributed by atoms with Crippen LogP contribution >= 0.6 is 39.1 Å². The molecule has 2 aromatic carbocycles. The van der Waals surface area contributed by atoms with E-state index in [1.807, 2.05) is 37.3 Å². The van der Waals surface area contributed by atoms with Crippen molar-refractivity contribution in [3.05, 3.63) is 57.6 Å². The summed E-state index contributed by atoms with van der Waals surface area (Å²) in [6.45, 7) is 1.99. The molecule has 0 amide bonds. The summed E-state index contributed by atoms with van der Waals surface area (Å²) in [5.41, 5.74) is 2.12. The number of hydrogen-bond donors (Lipinski definition) is 0. The third-order valence-corrected chi connectivity index (χ3v) is 3.62. The molecule has 0 aromatic heterocycles. The van der Waals surface area contributed by atoms with Crippen LogP contribution in [0.3, 0.4) is 0 Å². The molecule has 0 heterocycles. The van der Waals surface area contributed by atoms with Crippen molar-refractivity contribution in [2.45, 2.75) is 12.3 Å². The first-order valence-corrected chi connectivity index (χ1v) is 7.26. The van der Waals surface area contributed by atoms with Gasteiger partial charge in [-0.25, -0.2) is 0 Å². The van der Waals surface area contributed by atoms with Gasteiger partial charge in [-0.3, -0.25) is 0 Å². The molecule has 4 heteroatoms. The molecule has 2 rings (SSSR count). The van der Waals surface area contributed by atoms with Crippen LogP contribution in [0.4, 0.5) is 0 Å². The SMILES string of the molecule is Cc1ccc(Oc2cc(Cl)ccc2CBr)c(Cl)c1. The maximum atomic E-state index is 6.15. The summed E-state index contributed by atoms with van der Waals surface area (Å²) in [6, 6.07) is 11.2. The molecule has 0 fully saturated rings. The highest BCUT2D eigenvalue weighted by Crippen LogP contribution is 2.34. The Bertz CT molecular complexity index is 570. The van der Waals surface area contributed by atoms with Gasteiger partial charge in [0.05, 0.1) is 5.02 Å². The van der Waals surface area contributed by atoms with Gasteiger partial charge in [-0.05, 0) is 36.8 Å². The molecule has 0 spiro atoms. The highest BCUT2D eigenvalue weighted by Gasteiger charge is 2.08. The summed E-state index contributed by atoms with van der Waals surface area (Å²) in [5.74, 6) is 1.34. The molecule has 0 aliphatic carbocycles. The zero-order chi connectivity index (χ0) is 13.1. The van der Waals surface area contributed by atoms with Crippen molar-refractivity contribution in [1.82, 2.24) is 0 Å². The maximum Gasteiger partial charge on any atom is 0.146 e. The minimum Gasteiger partial charge on any atom is -0.455 e. The van der Waals surface area contributed by atoms with E-state index in [0.717, 1.165) is 11.1 Å². The van der Waals surface area contributed by atoms with Crippen LogP contribution < -0.4 is 4.74 Å². The van der Waals surface area contributed by atoms with Gasteiger partial charge in [-0.1, -0.05) is 51.3 Å². The summed E-state index contributed by atoms with van der Waals surface area (Å²) in [5, 5.41) is 1.93. The molecular formula is C14H11BrCl2O. The minimum absolute atomic E-state index is 0.593. The Morgan fingerprint density at radius 3 is 2.50 bits per heavy atom. The van der Waals surface area contributed by atoms with Gasteiger partial charge >= 0.3 is 0 Å². The number of hydrogen-bond acceptors (Lipinski definition) is 1. The third kappa shape index (κ3) is 3.19. The van der Waals surface area contributed by atoms with E-state index in [2.05, 4.69) is 15.9 Å². The number of halogens is 3. The summed E-state index contributed by atoms with van der Waals surface area (Å²) < 4.78 is 5.82. The molecule has 2 aromatic rings. The molecule has 0 saturated heterocycles. The second-order valence-electron chi connectivity index (χ2n) is 3.92. The van der Waals surface area contributed by atoms with Crippen molar-refractivity contribution in [2.75, 3.05) is 0 Å². The number of benzene rings is 2. The van der Waals surface area contributed by atoms with Crippen LogP contribution in [0.1, 0.15) is 11.1 Å². The molecule has 0 radical (unpaired) electrons. The van der Waals surface area contributed by atoms with Gasteiger partial charge in [-0.2, -0.15) is 0 Å². The lowest BCUT2D eigenvalue weighted by molar-refractivity contribution is 0.479. The van der Waals surface area contributed by atoms with E-state index < -0.39 is 0 Å². The van der Waals surface area contributed by atoms with Gasteiger partial charge in [0.2, 0.25) is 0 Å². The summed E-state index contributed by atoms with van der Waals surface area (Å²) >= 11 is 15.5. The summed E-state index contributed by atoms with van der Waals surface area (Å²) in [6.07, 6.45) is 0. The van der Waals surface area contributed by atoms with E-state index in [1.165, 1.54) is 0 Å². The summed E-state index contributed by atoms with van der Waals surface area (Å²) in [4.78, 5) is 0. The highest BCUT2D eigenvalue weighted by molar-refractivity contribution is 9.08. The largest absolute Gasteiger partial charge is 0.455 e. The van der Waals surface area contributed by atoms with E-state index in [9.17, 15) is 0 Å². The van der Waals surface area contributed by atoms with E-state index in [1.54, 1.807) is 6.07 Å². The number of alkyl halides is 1. The molecule has 0 N–H and O–H groups in total. The van der Waals surface area contributed by atoms with E-state index in [-0.39, 0.29) is 0 Å². The fourth-order valence-electron chi connectivity index (χ4n) is 1.54. The second kappa shape index (κ2) is 5.96. The molecule has 0 unspecified atom stereocenters. The van der Waals surface area contributed by atoms with Gasteiger partial charge in [0.15, 0.2) is 0 Å². The number of ether oxygens (including phenoxy) is 1. The van der Waals surface area contributed by atoms with Gasteiger partial charge in [0.1, 0.15) is 11.5 Å². The second-order valence-corrected chi connectivity index (χ2v) is 5.33. The number of rotatable bonds is 3. The van der Waals surface area contributed by atoms with Crippen molar-refractivity contribution in [1.29, 1.82) is 0 Å². The Morgan fingerprint density at radius 2 is 1.83 bits per heavy atom. The fourth-order valence-corrected chi connectivity index (χ4v) is 2.44. The Labute approximate surface area is 125 Å². The van der Waals surface area contributed by atoms with Crippen molar-refractivity contribution < 1.29 is 4.74 Å². The predicted octanol–water partition coefficient (Wildman–Crippen LogP) is 5.99. The van der Waals surface area contributed by atoms with Crippen LogP contribution in [0.25, 0.3) is 0 Å². The van der Waals surface area contributed by atoms with Crippen molar-refractivity contribution in [3.63, 3.8) is 0 Å². The van der Waals surface area contributed by atoms with Gasteiger partial charge < -0.3 is 4.74 Å².